The second kappa shape index (κ2) is 5.83. The quantitative estimate of drug-likeness (QED) is 0.460. The molecule has 1 unspecified atom stereocenters. The Morgan fingerprint density at radius 1 is 1.58 bits per heavy atom. The molecule has 7 heteroatoms. The van der Waals surface area contributed by atoms with Crippen LogP contribution in [-0.2, 0) is 4.74 Å². The summed E-state index contributed by atoms with van der Waals surface area (Å²) in [5, 5.41) is 10.8. The maximum Gasteiger partial charge on any atom is 0.270 e. The molecule has 102 valence electrons. The van der Waals surface area contributed by atoms with Gasteiger partial charge in [0, 0.05) is 29.4 Å². The van der Waals surface area contributed by atoms with Crippen molar-refractivity contribution in [2.24, 2.45) is 0 Å². The van der Waals surface area contributed by atoms with E-state index < -0.39 is 4.92 Å². The zero-order valence-corrected chi connectivity index (χ0v) is 12.5. The Labute approximate surface area is 124 Å². The van der Waals surface area contributed by atoms with E-state index >= 15 is 0 Å². The van der Waals surface area contributed by atoms with Crippen LogP contribution in [0.1, 0.15) is 16.8 Å². The summed E-state index contributed by atoms with van der Waals surface area (Å²) in [5.74, 6) is -0.205. The molecule has 19 heavy (non-hydrogen) atoms. The minimum atomic E-state index is -0.495. The lowest BCUT2D eigenvalue weighted by molar-refractivity contribution is -0.384. The Morgan fingerprint density at radius 3 is 2.89 bits per heavy atom. The molecule has 1 aliphatic rings. The second-order valence-electron chi connectivity index (χ2n) is 4.35. The first kappa shape index (κ1) is 14.2. The molecule has 0 spiro atoms. The van der Waals surface area contributed by atoms with Crippen molar-refractivity contribution in [2.45, 2.75) is 12.5 Å². The monoisotopic (exact) mass is 376 g/mol. The number of ether oxygens (including phenoxy) is 1. The molecule has 1 aromatic carbocycles. The average molecular weight is 376 g/mol. The van der Waals surface area contributed by atoms with E-state index in [4.69, 9.17) is 4.74 Å². The summed E-state index contributed by atoms with van der Waals surface area (Å²) >= 11 is 2.01. The molecule has 0 N–H and O–H groups in total. The molecule has 1 aromatic rings. The van der Waals surface area contributed by atoms with Crippen LogP contribution in [0.5, 0.6) is 0 Å². The summed E-state index contributed by atoms with van der Waals surface area (Å²) in [7, 11) is 1.70. The van der Waals surface area contributed by atoms with Crippen molar-refractivity contribution in [3.05, 3.63) is 37.4 Å². The molecule has 1 heterocycles. The van der Waals surface area contributed by atoms with Gasteiger partial charge in [-0.05, 0) is 35.1 Å². The fourth-order valence-electron chi connectivity index (χ4n) is 1.97. The summed E-state index contributed by atoms with van der Waals surface area (Å²) < 4.78 is 5.96. The van der Waals surface area contributed by atoms with Crippen LogP contribution in [0.25, 0.3) is 0 Å². The Morgan fingerprint density at radius 2 is 2.32 bits per heavy atom. The minimum Gasteiger partial charge on any atom is -0.379 e. The Hall–Kier alpha value is -1.22. The van der Waals surface area contributed by atoms with E-state index in [0.29, 0.717) is 22.3 Å². The molecule has 1 fully saturated rings. The number of hydrogen-bond acceptors (Lipinski definition) is 4. The van der Waals surface area contributed by atoms with Gasteiger partial charge in [-0.15, -0.1) is 0 Å². The molecule has 0 aliphatic carbocycles. The van der Waals surface area contributed by atoms with Gasteiger partial charge in [-0.25, -0.2) is 0 Å². The first-order valence-electron chi connectivity index (χ1n) is 5.79. The molecule has 0 bridgehead atoms. The number of non-ortho nitro benzene ring substituents is 1. The smallest absolute Gasteiger partial charge is 0.270 e. The molecule has 1 atom stereocenters. The van der Waals surface area contributed by atoms with Crippen LogP contribution < -0.4 is 0 Å². The fraction of sp³-hybridized carbons (Fsp3) is 0.417. The Balaban J connectivity index is 2.26. The van der Waals surface area contributed by atoms with Gasteiger partial charge < -0.3 is 9.64 Å². The predicted molar refractivity (Wildman–Crippen MR) is 77.1 cm³/mol. The number of carbonyl (C=O) groups excluding carboxylic acids is 1. The highest BCUT2D eigenvalue weighted by atomic mass is 127. The van der Waals surface area contributed by atoms with Crippen LogP contribution in [0.4, 0.5) is 5.69 Å². The van der Waals surface area contributed by atoms with Gasteiger partial charge in [0.1, 0.15) is 0 Å². The number of nitro groups is 1. The summed E-state index contributed by atoms with van der Waals surface area (Å²) in [6, 6.07) is 4.36. The van der Waals surface area contributed by atoms with Gasteiger partial charge in [0.15, 0.2) is 0 Å². The first-order chi connectivity index (χ1) is 9.00. The van der Waals surface area contributed by atoms with Crippen molar-refractivity contribution < 1.29 is 14.5 Å². The van der Waals surface area contributed by atoms with Crippen LogP contribution in [0.3, 0.4) is 0 Å². The summed E-state index contributed by atoms with van der Waals surface area (Å²) in [5.41, 5.74) is 0.295. The summed E-state index contributed by atoms with van der Waals surface area (Å²) in [4.78, 5) is 24.3. The van der Waals surface area contributed by atoms with E-state index in [2.05, 4.69) is 0 Å². The minimum absolute atomic E-state index is 0.0440. The van der Waals surface area contributed by atoms with Crippen molar-refractivity contribution in [1.82, 2.24) is 4.90 Å². The average Bonchev–Trinajstić information content (AvgIpc) is 2.91. The topological polar surface area (TPSA) is 72.7 Å². The van der Waals surface area contributed by atoms with Gasteiger partial charge in [-0.1, -0.05) is 0 Å². The van der Waals surface area contributed by atoms with E-state index in [1.54, 1.807) is 18.0 Å². The summed E-state index contributed by atoms with van der Waals surface area (Å²) in [6.45, 7) is 1.17. The van der Waals surface area contributed by atoms with Crippen LogP contribution in [0.15, 0.2) is 18.2 Å². The van der Waals surface area contributed by atoms with Crippen molar-refractivity contribution >= 4 is 34.2 Å². The third-order valence-corrected chi connectivity index (χ3v) is 4.11. The number of nitro benzene ring substituents is 1. The Kier molecular flexibility index (Phi) is 4.35. The zero-order chi connectivity index (χ0) is 14.0. The van der Waals surface area contributed by atoms with E-state index in [9.17, 15) is 14.9 Å². The number of carbonyl (C=O) groups is 1. The highest BCUT2D eigenvalue weighted by Crippen LogP contribution is 2.22. The second-order valence-corrected chi connectivity index (χ2v) is 5.52. The van der Waals surface area contributed by atoms with Gasteiger partial charge in [0.25, 0.3) is 11.6 Å². The molecular weight excluding hydrogens is 363 g/mol. The lowest BCUT2D eigenvalue weighted by Crippen LogP contribution is -2.37. The number of likely N-dealkylation sites (N-methyl/N-ethyl adjacent to an activating group) is 1. The number of hydrogen-bond donors (Lipinski definition) is 0. The molecule has 6 nitrogen and oxygen atoms in total. The van der Waals surface area contributed by atoms with Crippen molar-refractivity contribution in [2.75, 3.05) is 20.3 Å². The van der Waals surface area contributed by atoms with Crippen molar-refractivity contribution in [3.63, 3.8) is 0 Å². The van der Waals surface area contributed by atoms with E-state index in [1.165, 1.54) is 12.1 Å². The Bertz CT molecular complexity index is 514. The van der Waals surface area contributed by atoms with Crippen molar-refractivity contribution in [3.8, 4) is 0 Å². The highest BCUT2D eigenvalue weighted by Gasteiger charge is 2.26. The number of benzene rings is 1. The van der Waals surface area contributed by atoms with Crippen molar-refractivity contribution in [1.29, 1.82) is 0 Å². The maximum atomic E-state index is 12.4. The fourth-order valence-corrected chi connectivity index (χ4v) is 2.54. The number of rotatable bonds is 3. The third kappa shape index (κ3) is 3.03. The lowest BCUT2D eigenvalue weighted by atomic mass is 10.1. The molecule has 1 amide bonds. The van der Waals surface area contributed by atoms with Crippen LogP contribution in [0.2, 0.25) is 0 Å². The van der Waals surface area contributed by atoms with Crippen LogP contribution in [0, 0.1) is 13.7 Å². The predicted octanol–water partition coefficient (Wildman–Crippen LogP) is 2.06. The standard InChI is InChI=1S/C12H13IN2O4/c1-14(9-4-5-19-7-9)12(16)10-6-8(15(17)18)2-3-11(10)13/h2-3,6,9H,4-5,7H2,1H3. The third-order valence-electron chi connectivity index (χ3n) is 3.16. The lowest BCUT2D eigenvalue weighted by Gasteiger charge is -2.23. The van der Waals surface area contributed by atoms with E-state index in [0.717, 1.165) is 6.42 Å². The molecule has 1 saturated heterocycles. The van der Waals surface area contributed by atoms with Crippen LogP contribution in [-0.4, -0.2) is 42.0 Å². The van der Waals surface area contributed by atoms with Gasteiger partial charge in [0.05, 0.1) is 23.1 Å². The number of halogens is 1. The molecule has 1 aliphatic heterocycles. The van der Waals surface area contributed by atoms with Gasteiger partial charge in [-0.2, -0.15) is 0 Å². The molecule has 2 rings (SSSR count). The number of amides is 1. The molecule has 0 saturated carbocycles. The largest absolute Gasteiger partial charge is 0.379 e. The van der Waals surface area contributed by atoms with Gasteiger partial charge in [0.2, 0.25) is 0 Å². The number of nitrogens with zero attached hydrogens (tertiary/aromatic N) is 2. The van der Waals surface area contributed by atoms with Crippen LogP contribution >= 0.6 is 22.6 Å². The van der Waals surface area contributed by atoms with E-state index in [1.807, 2.05) is 22.6 Å². The SMILES string of the molecule is CN(C(=O)c1cc([N+](=O)[O-])ccc1I)C1CCOC1. The highest BCUT2D eigenvalue weighted by molar-refractivity contribution is 14.1. The van der Waals surface area contributed by atoms with E-state index in [-0.39, 0.29) is 17.6 Å². The summed E-state index contributed by atoms with van der Waals surface area (Å²) in [6.07, 6.45) is 0.799. The first-order valence-corrected chi connectivity index (χ1v) is 6.87. The molecular formula is C12H13IN2O4. The van der Waals surface area contributed by atoms with Gasteiger partial charge >= 0.3 is 0 Å². The molecule has 0 radical (unpaired) electrons. The zero-order valence-electron chi connectivity index (χ0n) is 10.3. The van der Waals surface area contributed by atoms with Gasteiger partial charge in [-0.3, -0.25) is 14.9 Å². The normalized spacial score (nSPS) is 18.3. The maximum absolute atomic E-state index is 12.4. The molecule has 0 aromatic heterocycles.